The van der Waals surface area contributed by atoms with Gasteiger partial charge in [0.05, 0.1) is 11.9 Å². The van der Waals surface area contributed by atoms with Crippen LogP contribution in [-0.4, -0.2) is 48.0 Å². The van der Waals surface area contributed by atoms with Crippen molar-refractivity contribution < 1.29 is 36.0 Å². The summed E-state index contributed by atoms with van der Waals surface area (Å²) in [6.07, 6.45) is -0.200. The Bertz CT molecular complexity index is 1380. The maximum Gasteiger partial charge on any atom is 0.437 e. The highest BCUT2D eigenvalue weighted by Gasteiger charge is 2.42. The Morgan fingerprint density at radius 3 is 2.20 bits per heavy atom. The third kappa shape index (κ3) is 6.41. The molecule has 2 saturated heterocycles. The highest BCUT2D eigenvalue weighted by Crippen LogP contribution is 2.35. The second-order valence-electron chi connectivity index (χ2n) is 9.93. The van der Waals surface area contributed by atoms with Crippen LogP contribution < -0.4 is 20.4 Å². The summed E-state index contributed by atoms with van der Waals surface area (Å²) in [5.41, 5.74) is -1.71. The Balaban J connectivity index is 1.19. The fourth-order valence-corrected chi connectivity index (χ4v) is 4.92. The van der Waals surface area contributed by atoms with Crippen molar-refractivity contribution in [2.75, 3.05) is 46.6 Å². The second-order valence-corrected chi connectivity index (χ2v) is 9.93. The lowest BCUT2D eigenvalue weighted by atomic mass is 9.95. The molecule has 2 amide bonds. The van der Waals surface area contributed by atoms with E-state index in [2.05, 4.69) is 20.6 Å². The third-order valence-electron chi connectivity index (χ3n) is 7.12. The van der Waals surface area contributed by atoms with Crippen LogP contribution in [0.4, 0.5) is 45.2 Å². The first-order valence-electron chi connectivity index (χ1n) is 13.2. The molecule has 2 aliphatic rings. The van der Waals surface area contributed by atoms with Crippen LogP contribution in [0.2, 0.25) is 0 Å². The number of rotatable bonds is 6. The first-order chi connectivity index (χ1) is 19.6. The van der Waals surface area contributed by atoms with Gasteiger partial charge in [-0.3, -0.25) is 9.59 Å². The summed E-state index contributed by atoms with van der Waals surface area (Å²) in [4.78, 5) is 36.7. The van der Waals surface area contributed by atoms with Crippen molar-refractivity contribution in [2.24, 2.45) is 5.92 Å². The lowest BCUT2D eigenvalue weighted by molar-refractivity contribution is -0.141. The van der Waals surface area contributed by atoms with Gasteiger partial charge in [-0.15, -0.1) is 0 Å². The molecule has 4 heterocycles. The summed E-state index contributed by atoms with van der Waals surface area (Å²) in [7, 11) is 0. The van der Waals surface area contributed by atoms with E-state index in [4.69, 9.17) is 4.42 Å². The van der Waals surface area contributed by atoms with Gasteiger partial charge < -0.3 is 24.9 Å². The smallest absolute Gasteiger partial charge is 0.417 e. The summed E-state index contributed by atoms with van der Waals surface area (Å²) >= 11 is 0. The van der Waals surface area contributed by atoms with E-state index in [0.29, 0.717) is 44.8 Å². The molecular weight excluding hydrogens is 551 g/mol. The largest absolute Gasteiger partial charge is 0.437 e. The molecule has 5 rings (SSSR count). The summed E-state index contributed by atoms with van der Waals surface area (Å²) in [5, 5.41) is 4.71. The van der Waals surface area contributed by atoms with Crippen molar-refractivity contribution in [3.8, 4) is 0 Å². The highest BCUT2D eigenvalue weighted by atomic mass is 19.4. The number of oxazole rings is 1. The zero-order chi connectivity index (χ0) is 29.1. The van der Waals surface area contributed by atoms with E-state index in [1.807, 2.05) is 4.90 Å². The molecule has 41 heavy (non-hydrogen) atoms. The number of para-hydroxylation sites is 1. The molecule has 0 aliphatic carbocycles. The molecular formula is C27H27F5N6O3. The number of carbonyl (C=O) groups is 2. The summed E-state index contributed by atoms with van der Waals surface area (Å²) in [6.45, 7) is 1.86. The zero-order valence-electron chi connectivity index (χ0n) is 21.8. The quantitative estimate of drug-likeness (QED) is 0.374. The van der Waals surface area contributed by atoms with Gasteiger partial charge in [0.15, 0.2) is 5.69 Å². The van der Waals surface area contributed by atoms with Crippen molar-refractivity contribution in [3.05, 3.63) is 59.6 Å². The van der Waals surface area contributed by atoms with Crippen molar-refractivity contribution in [1.29, 1.82) is 0 Å². The van der Waals surface area contributed by atoms with Crippen LogP contribution in [-0.2, 0) is 11.0 Å². The van der Waals surface area contributed by atoms with Crippen molar-refractivity contribution in [1.82, 2.24) is 9.97 Å². The number of hydrogen-bond acceptors (Lipinski definition) is 7. The number of benzene rings is 1. The number of piperidine rings is 2. The number of nitrogens with zero attached hydrogens (tertiary/aromatic N) is 4. The topological polar surface area (TPSA) is 104 Å². The van der Waals surface area contributed by atoms with Crippen LogP contribution in [0.25, 0.3) is 0 Å². The molecule has 0 spiro atoms. The minimum Gasteiger partial charge on any atom is -0.417 e. The fraction of sp³-hybridized carbons (Fsp3) is 0.407. The van der Waals surface area contributed by atoms with Crippen LogP contribution in [0.3, 0.4) is 0 Å². The van der Waals surface area contributed by atoms with E-state index in [0.717, 1.165) is 31.4 Å². The molecule has 1 aromatic carbocycles. The van der Waals surface area contributed by atoms with Gasteiger partial charge in [-0.25, -0.2) is 13.8 Å². The Morgan fingerprint density at radius 2 is 1.59 bits per heavy atom. The molecule has 2 fully saturated rings. The lowest BCUT2D eigenvalue weighted by Crippen LogP contribution is -2.38. The number of anilines is 4. The molecule has 2 aliphatic heterocycles. The highest BCUT2D eigenvalue weighted by molar-refractivity contribution is 6.03. The van der Waals surface area contributed by atoms with Crippen LogP contribution in [0.5, 0.6) is 0 Å². The van der Waals surface area contributed by atoms with Gasteiger partial charge in [0, 0.05) is 32.1 Å². The minimum atomic E-state index is -4.88. The normalized spacial score (nSPS) is 16.5. The summed E-state index contributed by atoms with van der Waals surface area (Å²) in [5.74, 6) is -4.12. The van der Waals surface area contributed by atoms with Crippen molar-refractivity contribution in [3.63, 3.8) is 0 Å². The molecule has 3 aromatic rings. The third-order valence-corrected chi connectivity index (χ3v) is 7.12. The molecule has 14 heteroatoms. The number of nitrogens with one attached hydrogen (secondary N) is 2. The van der Waals surface area contributed by atoms with Gasteiger partial charge in [0.25, 0.3) is 11.9 Å². The molecule has 0 atom stereocenters. The Hall–Kier alpha value is -4.23. The molecule has 0 radical (unpaired) electrons. The van der Waals surface area contributed by atoms with Crippen LogP contribution in [0.1, 0.15) is 48.4 Å². The first kappa shape index (κ1) is 28.3. The standard InChI is InChI=1S/C27H27F5N6O3/c28-18-5-4-6-19(29)21(18)35-24(39)16-9-13-37(14-10-16)20-8-7-17(15-33-20)34-25(40)22-23(27(30,31)32)36-26(41-22)38-11-2-1-3-12-38/h4-8,15-16H,1-3,9-14H2,(H,34,40)(H,35,39). The predicted molar refractivity (Wildman–Crippen MR) is 140 cm³/mol. The lowest BCUT2D eigenvalue weighted by Gasteiger charge is -2.32. The van der Waals surface area contributed by atoms with E-state index in [1.165, 1.54) is 18.3 Å². The first-order valence-corrected chi connectivity index (χ1v) is 13.2. The van der Waals surface area contributed by atoms with Gasteiger partial charge in [0.1, 0.15) is 23.1 Å². The average molecular weight is 579 g/mol. The van der Waals surface area contributed by atoms with E-state index in [-0.39, 0.29) is 11.7 Å². The maximum absolute atomic E-state index is 13.9. The van der Waals surface area contributed by atoms with Gasteiger partial charge in [-0.05, 0) is 56.4 Å². The molecule has 0 saturated carbocycles. The monoisotopic (exact) mass is 578 g/mol. The summed E-state index contributed by atoms with van der Waals surface area (Å²) in [6, 6.07) is 6.19. The van der Waals surface area contributed by atoms with Gasteiger partial charge in [-0.1, -0.05) is 6.07 Å². The Kier molecular flexibility index (Phi) is 8.08. The maximum atomic E-state index is 13.9. The zero-order valence-corrected chi connectivity index (χ0v) is 21.8. The number of carbonyl (C=O) groups excluding carboxylic acids is 2. The fourth-order valence-electron chi connectivity index (χ4n) is 4.92. The molecule has 2 aromatic heterocycles. The Labute approximate surface area is 231 Å². The molecule has 0 bridgehead atoms. The van der Waals surface area contributed by atoms with Crippen LogP contribution in [0.15, 0.2) is 40.9 Å². The number of pyridine rings is 1. The van der Waals surface area contributed by atoms with Crippen molar-refractivity contribution >= 4 is 35.0 Å². The van der Waals surface area contributed by atoms with Crippen LogP contribution >= 0.6 is 0 Å². The molecule has 9 nitrogen and oxygen atoms in total. The van der Waals surface area contributed by atoms with E-state index < -0.39 is 52.7 Å². The van der Waals surface area contributed by atoms with Gasteiger partial charge in [-0.2, -0.15) is 18.2 Å². The Morgan fingerprint density at radius 1 is 0.902 bits per heavy atom. The van der Waals surface area contributed by atoms with Crippen LogP contribution in [0, 0.1) is 17.6 Å². The van der Waals surface area contributed by atoms with E-state index in [9.17, 15) is 31.5 Å². The molecule has 218 valence electrons. The number of halogens is 5. The van der Waals surface area contributed by atoms with Gasteiger partial charge >= 0.3 is 6.18 Å². The van der Waals surface area contributed by atoms with E-state index in [1.54, 1.807) is 11.0 Å². The predicted octanol–water partition coefficient (Wildman–Crippen LogP) is 5.46. The minimum absolute atomic E-state index is 0.156. The number of alkyl halides is 3. The van der Waals surface area contributed by atoms with Crippen molar-refractivity contribution in [2.45, 2.75) is 38.3 Å². The average Bonchev–Trinajstić information content (AvgIpc) is 3.43. The van der Waals surface area contributed by atoms with E-state index >= 15 is 0 Å². The second kappa shape index (κ2) is 11.7. The summed E-state index contributed by atoms with van der Waals surface area (Å²) < 4.78 is 73.9. The van der Waals surface area contributed by atoms with Gasteiger partial charge in [0.2, 0.25) is 11.7 Å². The number of hydrogen-bond donors (Lipinski definition) is 2. The molecule has 0 unspecified atom stereocenters. The number of aromatic nitrogens is 2. The molecule has 2 N–H and O–H groups in total. The number of amides is 2. The SMILES string of the molecule is O=C(Nc1ccc(N2CCC(C(=O)Nc3c(F)cccc3F)CC2)nc1)c1oc(N2CCCCC2)nc1C(F)(F)F.